The monoisotopic (exact) mass is 353 g/mol. The van der Waals surface area contributed by atoms with Crippen LogP contribution in [0.1, 0.15) is 11.1 Å². The molecular formula is C16H14F3N3OS. The number of benzene rings is 2. The SMILES string of the molecule is COc1ccccc1C=NNC(=S)Nc1ccccc1C(F)(F)F. The molecule has 2 N–H and O–H groups in total. The van der Waals surface area contributed by atoms with E-state index in [1.807, 2.05) is 6.07 Å². The minimum absolute atomic E-state index is 0.0575. The van der Waals surface area contributed by atoms with E-state index in [2.05, 4.69) is 15.8 Å². The Kier molecular flexibility index (Phi) is 5.75. The van der Waals surface area contributed by atoms with E-state index < -0.39 is 11.7 Å². The second-order valence-electron chi connectivity index (χ2n) is 4.61. The van der Waals surface area contributed by atoms with E-state index in [-0.39, 0.29) is 10.8 Å². The summed E-state index contributed by atoms with van der Waals surface area (Å²) in [4.78, 5) is 0. The van der Waals surface area contributed by atoms with E-state index in [4.69, 9.17) is 17.0 Å². The van der Waals surface area contributed by atoms with Crippen LogP contribution in [0.3, 0.4) is 0 Å². The van der Waals surface area contributed by atoms with Crippen LogP contribution in [0.25, 0.3) is 0 Å². The highest BCUT2D eigenvalue weighted by Crippen LogP contribution is 2.34. The minimum atomic E-state index is -4.47. The summed E-state index contributed by atoms with van der Waals surface area (Å²) < 4.78 is 43.9. The average molecular weight is 353 g/mol. The Bertz CT molecular complexity index is 747. The largest absolute Gasteiger partial charge is 0.496 e. The van der Waals surface area contributed by atoms with Gasteiger partial charge in [0.25, 0.3) is 0 Å². The summed E-state index contributed by atoms with van der Waals surface area (Å²) in [6.45, 7) is 0. The maximum absolute atomic E-state index is 12.9. The Morgan fingerprint density at radius 1 is 1.12 bits per heavy atom. The van der Waals surface area contributed by atoms with Gasteiger partial charge < -0.3 is 10.1 Å². The second-order valence-corrected chi connectivity index (χ2v) is 5.02. The standard InChI is InChI=1S/C16H14F3N3OS/c1-23-14-9-5-2-6-11(14)10-20-22-15(24)21-13-8-4-3-7-12(13)16(17,18)19/h2-10H,1H3,(H2,21,22,24). The molecule has 0 radical (unpaired) electrons. The topological polar surface area (TPSA) is 45.6 Å². The molecule has 0 aliphatic rings. The number of ether oxygens (including phenoxy) is 1. The fraction of sp³-hybridized carbons (Fsp3) is 0.125. The lowest BCUT2D eigenvalue weighted by atomic mass is 10.2. The first-order valence-electron chi connectivity index (χ1n) is 6.81. The lowest BCUT2D eigenvalue weighted by Crippen LogP contribution is -2.25. The van der Waals surface area contributed by atoms with Crippen molar-refractivity contribution in [2.75, 3.05) is 12.4 Å². The highest BCUT2D eigenvalue weighted by Gasteiger charge is 2.33. The number of methoxy groups -OCH3 is 1. The lowest BCUT2D eigenvalue weighted by molar-refractivity contribution is -0.136. The Balaban J connectivity index is 2.03. The van der Waals surface area contributed by atoms with E-state index in [0.29, 0.717) is 11.3 Å². The van der Waals surface area contributed by atoms with Gasteiger partial charge in [0, 0.05) is 5.56 Å². The van der Waals surface area contributed by atoms with Gasteiger partial charge in [-0.2, -0.15) is 18.3 Å². The Hall–Kier alpha value is -2.61. The number of hydrogen-bond acceptors (Lipinski definition) is 3. The van der Waals surface area contributed by atoms with Gasteiger partial charge in [-0.05, 0) is 36.5 Å². The molecule has 0 unspecified atom stereocenters. The van der Waals surface area contributed by atoms with E-state index in [9.17, 15) is 13.2 Å². The number of nitrogens with one attached hydrogen (secondary N) is 2. The molecule has 126 valence electrons. The van der Waals surface area contributed by atoms with Gasteiger partial charge in [0.15, 0.2) is 5.11 Å². The molecule has 4 nitrogen and oxygen atoms in total. The number of thiocarbonyl (C=S) groups is 1. The molecular weight excluding hydrogens is 339 g/mol. The van der Waals surface area contributed by atoms with Crippen LogP contribution in [0.15, 0.2) is 53.6 Å². The molecule has 2 aromatic carbocycles. The number of hydrazone groups is 1. The van der Waals surface area contributed by atoms with Gasteiger partial charge >= 0.3 is 6.18 Å². The summed E-state index contributed by atoms with van der Waals surface area (Å²) in [5, 5.41) is 6.33. The molecule has 0 saturated heterocycles. The van der Waals surface area contributed by atoms with Crippen LogP contribution < -0.4 is 15.5 Å². The Labute approximate surface area is 142 Å². The van der Waals surface area contributed by atoms with E-state index in [1.165, 1.54) is 31.5 Å². The van der Waals surface area contributed by atoms with Gasteiger partial charge in [0.2, 0.25) is 0 Å². The summed E-state index contributed by atoms with van der Waals surface area (Å²) in [6, 6.07) is 12.2. The molecule has 0 spiro atoms. The summed E-state index contributed by atoms with van der Waals surface area (Å²) in [5.41, 5.74) is 2.23. The predicted molar refractivity (Wildman–Crippen MR) is 91.4 cm³/mol. The lowest BCUT2D eigenvalue weighted by Gasteiger charge is -2.14. The quantitative estimate of drug-likeness (QED) is 0.495. The third-order valence-corrected chi connectivity index (χ3v) is 3.18. The van der Waals surface area contributed by atoms with Crippen molar-refractivity contribution in [2.24, 2.45) is 5.10 Å². The summed E-state index contributed by atoms with van der Waals surface area (Å²) in [7, 11) is 1.53. The number of halogens is 3. The van der Waals surface area contributed by atoms with Crippen molar-refractivity contribution in [1.29, 1.82) is 0 Å². The first kappa shape index (κ1) is 17.7. The van der Waals surface area contributed by atoms with Crippen LogP contribution in [0.2, 0.25) is 0 Å². The Morgan fingerprint density at radius 2 is 1.79 bits per heavy atom. The molecule has 0 fully saturated rings. The van der Waals surface area contributed by atoms with Gasteiger partial charge in [-0.15, -0.1) is 0 Å². The molecule has 0 saturated carbocycles. The van der Waals surface area contributed by atoms with Crippen molar-refractivity contribution in [3.8, 4) is 5.75 Å². The zero-order valence-corrected chi connectivity index (χ0v) is 13.4. The van der Waals surface area contributed by atoms with Crippen LogP contribution in [0.5, 0.6) is 5.75 Å². The fourth-order valence-electron chi connectivity index (χ4n) is 1.92. The summed E-state index contributed by atoms with van der Waals surface area (Å²) in [5.74, 6) is 0.615. The molecule has 2 rings (SSSR count). The van der Waals surface area contributed by atoms with Crippen molar-refractivity contribution in [2.45, 2.75) is 6.18 Å². The Morgan fingerprint density at radius 3 is 2.50 bits per heavy atom. The number of rotatable bonds is 4. The third-order valence-electron chi connectivity index (χ3n) is 2.99. The smallest absolute Gasteiger partial charge is 0.418 e. The van der Waals surface area contributed by atoms with Crippen LogP contribution >= 0.6 is 12.2 Å². The number of hydrogen-bond donors (Lipinski definition) is 2. The predicted octanol–water partition coefficient (Wildman–Crippen LogP) is 4.03. The number of nitrogens with zero attached hydrogens (tertiary/aromatic N) is 1. The molecule has 0 heterocycles. The first-order chi connectivity index (χ1) is 11.4. The molecule has 0 aliphatic heterocycles. The van der Waals surface area contributed by atoms with Crippen LogP contribution in [0, 0.1) is 0 Å². The first-order valence-corrected chi connectivity index (χ1v) is 7.22. The van der Waals surface area contributed by atoms with Crippen LogP contribution in [0.4, 0.5) is 18.9 Å². The second kappa shape index (κ2) is 7.78. The van der Waals surface area contributed by atoms with Gasteiger partial charge in [-0.1, -0.05) is 24.3 Å². The van der Waals surface area contributed by atoms with Gasteiger partial charge in [-0.25, -0.2) is 0 Å². The zero-order valence-electron chi connectivity index (χ0n) is 12.6. The number of alkyl halides is 3. The molecule has 0 atom stereocenters. The van der Waals surface area contributed by atoms with Crippen molar-refractivity contribution >= 4 is 29.2 Å². The molecule has 2 aromatic rings. The van der Waals surface area contributed by atoms with E-state index >= 15 is 0 Å². The summed E-state index contributed by atoms with van der Waals surface area (Å²) in [6.07, 6.45) is -3.01. The molecule has 8 heteroatoms. The third kappa shape index (κ3) is 4.69. The van der Waals surface area contributed by atoms with Gasteiger partial charge in [0.1, 0.15) is 5.75 Å². The number of anilines is 1. The van der Waals surface area contributed by atoms with E-state index in [0.717, 1.165) is 6.07 Å². The molecule has 0 aromatic heterocycles. The van der Waals surface area contributed by atoms with Crippen LogP contribution in [-0.2, 0) is 6.18 Å². The zero-order chi connectivity index (χ0) is 17.6. The molecule has 0 amide bonds. The maximum atomic E-state index is 12.9. The van der Waals surface area contributed by atoms with Crippen LogP contribution in [-0.4, -0.2) is 18.4 Å². The minimum Gasteiger partial charge on any atom is -0.496 e. The molecule has 24 heavy (non-hydrogen) atoms. The molecule has 0 bridgehead atoms. The van der Waals surface area contributed by atoms with Gasteiger partial charge in [-0.3, -0.25) is 5.43 Å². The van der Waals surface area contributed by atoms with Gasteiger partial charge in [0.05, 0.1) is 24.6 Å². The average Bonchev–Trinajstić information content (AvgIpc) is 2.55. The fourth-order valence-corrected chi connectivity index (χ4v) is 2.09. The van der Waals surface area contributed by atoms with Crippen molar-refractivity contribution < 1.29 is 17.9 Å². The van der Waals surface area contributed by atoms with E-state index in [1.54, 1.807) is 18.2 Å². The van der Waals surface area contributed by atoms with Crippen molar-refractivity contribution in [3.05, 3.63) is 59.7 Å². The number of para-hydroxylation sites is 2. The maximum Gasteiger partial charge on any atom is 0.418 e. The highest BCUT2D eigenvalue weighted by molar-refractivity contribution is 7.80. The normalized spacial score (nSPS) is 11.3. The van der Waals surface area contributed by atoms with Crippen molar-refractivity contribution in [3.63, 3.8) is 0 Å². The highest BCUT2D eigenvalue weighted by atomic mass is 32.1. The van der Waals surface area contributed by atoms with Crippen molar-refractivity contribution in [1.82, 2.24) is 5.43 Å². The summed E-state index contributed by atoms with van der Waals surface area (Å²) >= 11 is 4.96. The molecule has 0 aliphatic carbocycles.